The van der Waals surface area contributed by atoms with Crippen LogP contribution in [0.2, 0.25) is 0 Å². The molecule has 0 fully saturated rings. The van der Waals surface area contributed by atoms with E-state index in [1.807, 2.05) is 0 Å². The first-order valence-corrected chi connectivity index (χ1v) is 5.21. The van der Waals surface area contributed by atoms with E-state index < -0.39 is 0 Å². The highest BCUT2D eigenvalue weighted by molar-refractivity contribution is 5.42. The van der Waals surface area contributed by atoms with E-state index in [-0.39, 0.29) is 0 Å². The highest BCUT2D eigenvalue weighted by Gasteiger charge is 1.94. The van der Waals surface area contributed by atoms with Crippen molar-refractivity contribution in [3.8, 4) is 0 Å². The number of anilines is 2. The molecule has 0 radical (unpaired) electrons. The molecule has 90 valence electrons. The monoisotopic (exact) mass is 226 g/mol. The van der Waals surface area contributed by atoms with Gasteiger partial charge in [-0.3, -0.25) is 0 Å². The van der Waals surface area contributed by atoms with Crippen LogP contribution in [0.5, 0.6) is 0 Å². The van der Waals surface area contributed by atoms with Crippen LogP contribution in [-0.2, 0) is 9.47 Å². The second-order valence-corrected chi connectivity index (χ2v) is 3.21. The first kappa shape index (κ1) is 12.7. The van der Waals surface area contributed by atoms with Gasteiger partial charge in [0, 0.05) is 26.3 Å². The maximum atomic E-state index is 5.51. The van der Waals surface area contributed by atoms with Crippen LogP contribution in [0.1, 0.15) is 6.42 Å². The number of aromatic nitrogens is 2. The lowest BCUT2D eigenvalue weighted by Crippen LogP contribution is -2.09. The van der Waals surface area contributed by atoms with Crippen LogP contribution in [0.3, 0.4) is 0 Å². The fourth-order valence-electron chi connectivity index (χ4n) is 1.10. The van der Waals surface area contributed by atoms with Crippen LogP contribution in [-0.4, -0.2) is 43.4 Å². The third-order valence-corrected chi connectivity index (χ3v) is 1.89. The zero-order valence-corrected chi connectivity index (χ0v) is 9.48. The van der Waals surface area contributed by atoms with Gasteiger partial charge in [0.25, 0.3) is 0 Å². The van der Waals surface area contributed by atoms with Gasteiger partial charge in [0.1, 0.15) is 18.0 Å². The molecule has 0 aliphatic heterocycles. The minimum atomic E-state index is 0.467. The molecule has 0 aliphatic rings. The largest absolute Gasteiger partial charge is 0.384 e. The van der Waals surface area contributed by atoms with Gasteiger partial charge in [-0.1, -0.05) is 0 Å². The van der Waals surface area contributed by atoms with Crippen molar-refractivity contribution in [1.29, 1.82) is 0 Å². The Morgan fingerprint density at radius 2 is 2.19 bits per heavy atom. The Labute approximate surface area is 95.2 Å². The van der Waals surface area contributed by atoms with Crippen molar-refractivity contribution in [2.24, 2.45) is 0 Å². The average Bonchev–Trinajstić information content (AvgIpc) is 2.28. The van der Waals surface area contributed by atoms with Crippen molar-refractivity contribution in [3.05, 3.63) is 12.4 Å². The number of rotatable bonds is 8. The highest BCUT2D eigenvalue weighted by Crippen LogP contribution is 2.04. The fourth-order valence-corrected chi connectivity index (χ4v) is 1.10. The van der Waals surface area contributed by atoms with Gasteiger partial charge in [0.15, 0.2) is 0 Å². The molecule has 3 N–H and O–H groups in total. The summed E-state index contributed by atoms with van der Waals surface area (Å²) >= 11 is 0. The summed E-state index contributed by atoms with van der Waals surface area (Å²) in [6, 6.07) is 1.70. The number of hydrogen-bond acceptors (Lipinski definition) is 6. The molecule has 0 saturated carbocycles. The molecule has 0 spiro atoms. The van der Waals surface area contributed by atoms with Gasteiger partial charge in [-0.05, 0) is 6.42 Å². The Morgan fingerprint density at radius 3 is 2.94 bits per heavy atom. The molecular weight excluding hydrogens is 208 g/mol. The molecular formula is C10H18N4O2. The van der Waals surface area contributed by atoms with Crippen molar-refractivity contribution in [2.45, 2.75) is 6.42 Å². The van der Waals surface area contributed by atoms with Crippen LogP contribution in [0, 0.1) is 0 Å². The molecule has 0 saturated heterocycles. The molecule has 6 nitrogen and oxygen atoms in total. The lowest BCUT2D eigenvalue weighted by Gasteiger charge is -2.06. The van der Waals surface area contributed by atoms with Crippen LogP contribution in [0.4, 0.5) is 11.6 Å². The molecule has 6 heteroatoms. The highest BCUT2D eigenvalue weighted by atomic mass is 16.5. The fraction of sp³-hybridized carbons (Fsp3) is 0.600. The third kappa shape index (κ3) is 5.47. The predicted octanol–water partition coefficient (Wildman–Crippen LogP) is 0.524. The zero-order chi connectivity index (χ0) is 11.6. The first-order chi connectivity index (χ1) is 7.83. The van der Waals surface area contributed by atoms with Gasteiger partial charge >= 0.3 is 0 Å². The summed E-state index contributed by atoms with van der Waals surface area (Å²) in [6.45, 7) is 2.77. The van der Waals surface area contributed by atoms with E-state index in [0.717, 1.165) is 18.8 Å². The number of nitrogen functional groups attached to an aromatic ring is 1. The molecule has 1 aromatic heterocycles. The van der Waals surface area contributed by atoms with Gasteiger partial charge in [-0.25, -0.2) is 9.97 Å². The van der Waals surface area contributed by atoms with Crippen molar-refractivity contribution < 1.29 is 9.47 Å². The average molecular weight is 226 g/mol. The smallest absolute Gasteiger partial charge is 0.131 e. The summed E-state index contributed by atoms with van der Waals surface area (Å²) in [5.74, 6) is 1.21. The molecule has 1 aromatic rings. The number of nitrogens with zero attached hydrogens (tertiary/aromatic N) is 2. The number of hydrogen-bond donors (Lipinski definition) is 2. The van der Waals surface area contributed by atoms with Gasteiger partial charge in [0.2, 0.25) is 0 Å². The summed E-state index contributed by atoms with van der Waals surface area (Å²) in [5.41, 5.74) is 5.51. The van der Waals surface area contributed by atoms with Crippen LogP contribution >= 0.6 is 0 Å². The summed E-state index contributed by atoms with van der Waals surface area (Å²) in [7, 11) is 1.66. The van der Waals surface area contributed by atoms with Gasteiger partial charge in [-0.2, -0.15) is 0 Å². The quantitative estimate of drug-likeness (QED) is 0.629. The Balaban J connectivity index is 2.03. The molecule has 0 unspecified atom stereocenters. The second-order valence-electron chi connectivity index (χ2n) is 3.21. The third-order valence-electron chi connectivity index (χ3n) is 1.89. The lowest BCUT2D eigenvalue weighted by molar-refractivity contribution is 0.0705. The predicted molar refractivity (Wildman–Crippen MR) is 62.2 cm³/mol. The first-order valence-electron chi connectivity index (χ1n) is 5.21. The van der Waals surface area contributed by atoms with E-state index in [9.17, 15) is 0 Å². The molecule has 1 rings (SSSR count). The molecule has 1 heterocycles. The molecule has 0 bridgehead atoms. The number of nitrogens with two attached hydrogens (primary N) is 1. The number of ether oxygens (including phenoxy) is 2. The SMILES string of the molecule is COCCOCCCNc1cc(N)ncn1. The maximum Gasteiger partial charge on any atom is 0.131 e. The Kier molecular flexibility index (Phi) is 6.20. The van der Waals surface area contributed by atoms with Crippen molar-refractivity contribution in [2.75, 3.05) is 44.5 Å². The van der Waals surface area contributed by atoms with E-state index in [1.54, 1.807) is 13.2 Å². The summed E-state index contributed by atoms with van der Waals surface area (Å²) in [6.07, 6.45) is 2.35. The summed E-state index contributed by atoms with van der Waals surface area (Å²) < 4.78 is 10.2. The summed E-state index contributed by atoms with van der Waals surface area (Å²) in [5, 5.41) is 3.13. The number of methoxy groups -OCH3 is 1. The van der Waals surface area contributed by atoms with E-state index >= 15 is 0 Å². The van der Waals surface area contributed by atoms with E-state index in [1.165, 1.54) is 6.33 Å². The maximum absolute atomic E-state index is 5.51. The Hall–Kier alpha value is -1.40. The summed E-state index contributed by atoms with van der Waals surface area (Å²) in [4.78, 5) is 7.83. The minimum absolute atomic E-state index is 0.467. The van der Waals surface area contributed by atoms with E-state index in [2.05, 4.69) is 15.3 Å². The molecule has 0 atom stereocenters. The van der Waals surface area contributed by atoms with Crippen molar-refractivity contribution in [3.63, 3.8) is 0 Å². The van der Waals surface area contributed by atoms with Gasteiger partial charge in [0.05, 0.1) is 13.2 Å². The number of nitrogens with one attached hydrogen (secondary N) is 1. The Morgan fingerprint density at radius 1 is 1.31 bits per heavy atom. The van der Waals surface area contributed by atoms with Crippen molar-refractivity contribution in [1.82, 2.24) is 9.97 Å². The van der Waals surface area contributed by atoms with Gasteiger partial charge in [-0.15, -0.1) is 0 Å². The lowest BCUT2D eigenvalue weighted by atomic mass is 10.4. The Bertz CT molecular complexity index is 296. The second kappa shape index (κ2) is 7.84. The van der Waals surface area contributed by atoms with Crippen LogP contribution in [0.25, 0.3) is 0 Å². The molecule has 0 aliphatic carbocycles. The molecule has 0 aromatic carbocycles. The van der Waals surface area contributed by atoms with Crippen LogP contribution in [0.15, 0.2) is 12.4 Å². The molecule has 16 heavy (non-hydrogen) atoms. The van der Waals surface area contributed by atoms with Crippen molar-refractivity contribution >= 4 is 11.6 Å². The van der Waals surface area contributed by atoms with E-state index in [0.29, 0.717) is 25.6 Å². The minimum Gasteiger partial charge on any atom is -0.384 e. The standard InChI is InChI=1S/C10H18N4O2/c1-15-5-6-16-4-2-3-12-10-7-9(11)13-8-14-10/h7-8H,2-6H2,1H3,(H3,11,12,13,14). The molecule has 0 amide bonds. The van der Waals surface area contributed by atoms with Crippen LogP contribution < -0.4 is 11.1 Å². The van der Waals surface area contributed by atoms with Gasteiger partial charge < -0.3 is 20.5 Å². The topological polar surface area (TPSA) is 82.3 Å². The normalized spacial score (nSPS) is 10.3. The zero-order valence-electron chi connectivity index (χ0n) is 9.48. The van der Waals surface area contributed by atoms with E-state index in [4.69, 9.17) is 15.2 Å².